The zero-order valence-corrected chi connectivity index (χ0v) is 12.7. The first-order valence-corrected chi connectivity index (χ1v) is 8.41. The molecule has 2 heterocycles. The van der Waals surface area contributed by atoms with Gasteiger partial charge in [0, 0.05) is 11.8 Å². The summed E-state index contributed by atoms with van der Waals surface area (Å²) >= 11 is 1.66. The van der Waals surface area contributed by atoms with E-state index in [1.165, 1.54) is 32.1 Å². The highest BCUT2D eigenvalue weighted by atomic mass is 32.2. The minimum absolute atomic E-state index is 0.503. The second-order valence-corrected chi connectivity index (χ2v) is 6.42. The number of aromatic nitrogens is 4. The number of hydrogen-bond donors (Lipinski definition) is 1. The van der Waals surface area contributed by atoms with E-state index in [0.29, 0.717) is 11.9 Å². The van der Waals surface area contributed by atoms with E-state index in [1.807, 2.05) is 6.33 Å². The summed E-state index contributed by atoms with van der Waals surface area (Å²) in [6, 6.07) is 0.520. The van der Waals surface area contributed by atoms with Gasteiger partial charge in [0.1, 0.15) is 5.52 Å². The number of rotatable bonds is 4. The number of hydrogen-bond acceptors (Lipinski definition) is 5. The van der Waals surface area contributed by atoms with E-state index < -0.39 is 0 Å². The first-order valence-electron chi connectivity index (χ1n) is 7.42. The molecule has 6 heteroatoms. The van der Waals surface area contributed by atoms with Gasteiger partial charge in [-0.3, -0.25) is 0 Å². The summed E-state index contributed by atoms with van der Waals surface area (Å²) in [6.07, 6.45) is 9.36. The van der Waals surface area contributed by atoms with E-state index >= 15 is 0 Å². The molecule has 1 aliphatic carbocycles. The first-order chi connectivity index (χ1) is 9.79. The van der Waals surface area contributed by atoms with Crippen LogP contribution in [0.25, 0.3) is 11.2 Å². The summed E-state index contributed by atoms with van der Waals surface area (Å²) < 4.78 is 2.21. The van der Waals surface area contributed by atoms with Crippen LogP contribution in [0, 0.1) is 0 Å². The van der Waals surface area contributed by atoms with Crippen LogP contribution < -0.4 is 5.73 Å². The topological polar surface area (TPSA) is 69.6 Å². The number of fused-ring (bicyclic) bond motifs is 1. The zero-order chi connectivity index (χ0) is 13.9. The van der Waals surface area contributed by atoms with Crippen molar-refractivity contribution in [3.05, 3.63) is 6.33 Å². The molecule has 2 aromatic heterocycles. The highest BCUT2D eigenvalue weighted by Gasteiger charge is 2.19. The van der Waals surface area contributed by atoms with Gasteiger partial charge in [0.15, 0.2) is 16.6 Å². The van der Waals surface area contributed by atoms with Gasteiger partial charge in [0.2, 0.25) is 0 Å². The molecular weight excluding hydrogens is 270 g/mol. The standard InChI is InChI=1S/C14H21N5S/c1-2-8-20-14-17-12(15)11-13(18-14)19(9-16-11)10-6-4-3-5-7-10/h9-10H,2-8H2,1H3,(H2,15,17,18). The van der Waals surface area contributed by atoms with E-state index in [4.69, 9.17) is 5.73 Å². The number of thioether (sulfide) groups is 1. The molecule has 2 N–H and O–H groups in total. The Morgan fingerprint density at radius 3 is 2.85 bits per heavy atom. The molecular formula is C14H21N5S. The first kappa shape index (κ1) is 13.7. The molecule has 0 amide bonds. The third-order valence-electron chi connectivity index (χ3n) is 3.83. The predicted octanol–water partition coefficient (Wildman–Crippen LogP) is 3.42. The Bertz CT molecular complexity index is 589. The monoisotopic (exact) mass is 291 g/mol. The van der Waals surface area contributed by atoms with Crippen molar-refractivity contribution in [3.63, 3.8) is 0 Å². The molecule has 0 aliphatic heterocycles. The lowest BCUT2D eigenvalue weighted by molar-refractivity contribution is 0.358. The maximum Gasteiger partial charge on any atom is 0.191 e. The molecule has 0 radical (unpaired) electrons. The molecule has 0 unspecified atom stereocenters. The maximum absolute atomic E-state index is 6.03. The van der Waals surface area contributed by atoms with Crippen molar-refractivity contribution in [1.82, 2.24) is 19.5 Å². The lowest BCUT2D eigenvalue weighted by Crippen LogP contribution is -2.12. The molecule has 2 aromatic rings. The van der Waals surface area contributed by atoms with Crippen molar-refractivity contribution in [1.29, 1.82) is 0 Å². The normalized spacial score (nSPS) is 16.9. The van der Waals surface area contributed by atoms with Crippen LogP contribution >= 0.6 is 11.8 Å². The Labute approximate surface area is 123 Å². The van der Waals surface area contributed by atoms with E-state index in [9.17, 15) is 0 Å². The molecule has 20 heavy (non-hydrogen) atoms. The van der Waals surface area contributed by atoms with E-state index in [2.05, 4.69) is 26.4 Å². The SMILES string of the molecule is CCCSc1nc(N)c2ncn(C3CCCCC3)c2n1. The van der Waals surface area contributed by atoms with Gasteiger partial charge < -0.3 is 10.3 Å². The quantitative estimate of drug-likeness (QED) is 0.690. The Morgan fingerprint density at radius 1 is 1.30 bits per heavy atom. The van der Waals surface area contributed by atoms with Crippen LogP contribution in [0.5, 0.6) is 0 Å². The van der Waals surface area contributed by atoms with E-state index in [0.717, 1.165) is 28.5 Å². The Hall–Kier alpha value is -1.30. The summed E-state index contributed by atoms with van der Waals surface area (Å²) in [4.78, 5) is 13.5. The Kier molecular flexibility index (Phi) is 4.10. The Balaban J connectivity index is 1.98. The minimum Gasteiger partial charge on any atom is -0.382 e. The second kappa shape index (κ2) is 5.99. The van der Waals surface area contributed by atoms with Gasteiger partial charge in [0.05, 0.1) is 6.33 Å². The fourth-order valence-corrected chi connectivity index (χ4v) is 3.50. The van der Waals surface area contributed by atoms with E-state index in [1.54, 1.807) is 11.8 Å². The molecule has 1 saturated carbocycles. The summed E-state index contributed by atoms with van der Waals surface area (Å²) in [5, 5.41) is 0.773. The number of nitrogen functional groups attached to an aromatic ring is 1. The molecule has 0 atom stereocenters. The van der Waals surface area contributed by atoms with E-state index in [-0.39, 0.29) is 0 Å². The van der Waals surface area contributed by atoms with Crippen molar-refractivity contribution in [3.8, 4) is 0 Å². The lowest BCUT2D eigenvalue weighted by Gasteiger charge is -2.23. The van der Waals surface area contributed by atoms with Crippen LogP contribution in [-0.4, -0.2) is 25.3 Å². The summed E-state index contributed by atoms with van der Waals surface area (Å²) in [7, 11) is 0. The van der Waals surface area contributed by atoms with Gasteiger partial charge in [0.25, 0.3) is 0 Å². The van der Waals surface area contributed by atoms with Gasteiger partial charge >= 0.3 is 0 Å². The molecule has 0 bridgehead atoms. The molecule has 5 nitrogen and oxygen atoms in total. The smallest absolute Gasteiger partial charge is 0.191 e. The van der Waals surface area contributed by atoms with Gasteiger partial charge in [-0.15, -0.1) is 0 Å². The van der Waals surface area contributed by atoms with Crippen molar-refractivity contribution < 1.29 is 0 Å². The van der Waals surface area contributed by atoms with Crippen LogP contribution in [0.2, 0.25) is 0 Å². The van der Waals surface area contributed by atoms with Crippen LogP contribution in [0.15, 0.2) is 11.5 Å². The van der Waals surface area contributed by atoms with Crippen molar-refractivity contribution >= 4 is 28.7 Å². The fraction of sp³-hybridized carbons (Fsp3) is 0.643. The third-order valence-corrected chi connectivity index (χ3v) is 4.88. The maximum atomic E-state index is 6.03. The Morgan fingerprint density at radius 2 is 2.10 bits per heavy atom. The summed E-state index contributed by atoms with van der Waals surface area (Å²) in [6.45, 7) is 2.15. The highest BCUT2D eigenvalue weighted by Crippen LogP contribution is 2.31. The lowest BCUT2D eigenvalue weighted by atomic mass is 9.95. The van der Waals surface area contributed by atoms with Crippen LogP contribution in [0.3, 0.4) is 0 Å². The van der Waals surface area contributed by atoms with Gasteiger partial charge in [-0.05, 0) is 19.3 Å². The zero-order valence-electron chi connectivity index (χ0n) is 11.9. The van der Waals surface area contributed by atoms with Crippen LogP contribution in [-0.2, 0) is 0 Å². The fourth-order valence-electron chi connectivity index (χ4n) is 2.80. The van der Waals surface area contributed by atoms with Crippen LogP contribution in [0.4, 0.5) is 5.82 Å². The predicted molar refractivity (Wildman–Crippen MR) is 82.9 cm³/mol. The molecule has 0 spiro atoms. The molecule has 0 aromatic carbocycles. The van der Waals surface area contributed by atoms with Gasteiger partial charge in [-0.1, -0.05) is 37.9 Å². The minimum atomic E-state index is 0.503. The van der Waals surface area contributed by atoms with Gasteiger partial charge in [-0.2, -0.15) is 0 Å². The molecule has 3 rings (SSSR count). The average Bonchev–Trinajstić information content (AvgIpc) is 2.90. The van der Waals surface area contributed by atoms with Crippen molar-refractivity contribution in [2.75, 3.05) is 11.5 Å². The number of imidazole rings is 1. The van der Waals surface area contributed by atoms with Crippen LogP contribution in [0.1, 0.15) is 51.5 Å². The molecule has 0 saturated heterocycles. The molecule has 1 aliphatic rings. The van der Waals surface area contributed by atoms with Crippen molar-refractivity contribution in [2.45, 2.75) is 56.6 Å². The number of nitrogens with two attached hydrogens (primary N) is 1. The second-order valence-electron chi connectivity index (χ2n) is 5.36. The number of anilines is 1. The van der Waals surface area contributed by atoms with Gasteiger partial charge in [-0.25, -0.2) is 15.0 Å². The third kappa shape index (κ3) is 2.61. The molecule has 108 valence electrons. The highest BCUT2D eigenvalue weighted by molar-refractivity contribution is 7.99. The molecule has 1 fully saturated rings. The number of nitrogens with zero attached hydrogens (tertiary/aromatic N) is 4. The summed E-state index contributed by atoms with van der Waals surface area (Å²) in [5.74, 6) is 1.52. The summed E-state index contributed by atoms with van der Waals surface area (Å²) in [5.41, 5.74) is 7.68. The average molecular weight is 291 g/mol. The van der Waals surface area contributed by atoms with Crippen molar-refractivity contribution in [2.24, 2.45) is 0 Å². The largest absolute Gasteiger partial charge is 0.382 e.